The molecule has 0 aliphatic rings. The van der Waals surface area contributed by atoms with Crippen LogP contribution in [0.25, 0.3) is 0 Å². The summed E-state index contributed by atoms with van der Waals surface area (Å²) in [5, 5.41) is 0. The lowest BCUT2D eigenvalue weighted by molar-refractivity contribution is -0.139. The maximum atomic E-state index is 11.1. The molecule has 0 bridgehead atoms. The Morgan fingerprint density at radius 2 is 2.07 bits per heavy atom. The van der Waals surface area contributed by atoms with Gasteiger partial charge >= 0.3 is 5.97 Å². The van der Waals surface area contributed by atoms with Crippen molar-refractivity contribution < 1.29 is 9.53 Å². The Balaban J connectivity index is 3.02. The predicted octanol–water partition coefficient (Wildman–Crippen LogP) is 3.24. The third kappa shape index (κ3) is 2.82. The Bertz CT molecular complexity index is 361. The van der Waals surface area contributed by atoms with Gasteiger partial charge in [0, 0.05) is 8.95 Å². The number of rotatable bonds is 2. The summed E-state index contributed by atoms with van der Waals surface area (Å²) in [6, 6.07) is 3.88. The lowest BCUT2D eigenvalue weighted by Crippen LogP contribution is -2.06. The molecule has 0 unspecified atom stereocenters. The van der Waals surface area contributed by atoms with E-state index in [2.05, 4.69) is 36.6 Å². The molecule has 1 rings (SSSR count). The predicted molar refractivity (Wildman–Crippen MR) is 62.3 cm³/mol. The number of esters is 1. The van der Waals surface area contributed by atoms with Crippen LogP contribution >= 0.6 is 31.9 Å². The summed E-state index contributed by atoms with van der Waals surface area (Å²) in [6.45, 7) is 1.97. The van der Waals surface area contributed by atoms with Crippen molar-refractivity contribution in [2.45, 2.75) is 13.3 Å². The van der Waals surface area contributed by atoms with Gasteiger partial charge in [0.25, 0.3) is 0 Å². The molecule has 2 nitrogen and oxygen atoms in total. The van der Waals surface area contributed by atoms with Gasteiger partial charge in [0.2, 0.25) is 0 Å². The van der Waals surface area contributed by atoms with Crippen LogP contribution in [0.5, 0.6) is 0 Å². The Morgan fingerprint density at radius 3 is 2.64 bits per heavy atom. The van der Waals surface area contributed by atoms with E-state index < -0.39 is 0 Å². The smallest absolute Gasteiger partial charge is 0.309 e. The standard InChI is InChI=1S/C10H10Br2O2/c1-6-7(4-10(13)14-2)3-8(11)5-9(6)12/h3,5H,4H2,1-2H3. The number of halogens is 2. The van der Waals surface area contributed by atoms with Crippen LogP contribution in [0, 0.1) is 6.92 Å². The topological polar surface area (TPSA) is 26.3 Å². The molecule has 0 atom stereocenters. The monoisotopic (exact) mass is 320 g/mol. The minimum Gasteiger partial charge on any atom is -0.469 e. The lowest BCUT2D eigenvalue weighted by atomic mass is 10.1. The van der Waals surface area contributed by atoms with Gasteiger partial charge in [0.15, 0.2) is 0 Å². The summed E-state index contributed by atoms with van der Waals surface area (Å²) >= 11 is 6.80. The van der Waals surface area contributed by atoms with Crippen LogP contribution in [-0.2, 0) is 16.0 Å². The van der Waals surface area contributed by atoms with Crippen molar-refractivity contribution in [2.24, 2.45) is 0 Å². The van der Waals surface area contributed by atoms with E-state index >= 15 is 0 Å². The van der Waals surface area contributed by atoms with Crippen LogP contribution in [0.4, 0.5) is 0 Å². The van der Waals surface area contributed by atoms with Crippen LogP contribution in [0.3, 0.4) is 0 Å². The van der Waals surface area contributed by atoms with E-state index in [0.717, 1.165) is 20.1 Å². The fourth-order valence-electron chi connectivity index (χ4n) is 1.11. The van der Waals surface area contributed by atoms with E-state index in [1.807, 2.05) is 19.1 Å². The van der Waals surface area contributed by atoms with E-state index in [4.69, 9.17) is 0 Å². The normalized spacial score (nSPS) is 10.0. The molecule has 76 valence electrons. The van der Waals surface area contributed by atoms with E-state index in [-0.39, 0.29) is 5.97 Å². The van der Waals surface area contributed by atoms with E-state index in [0.29, 0.717) is 6.42 Å². The summed E-state index contributed by atoms with van der Waals surface area (Å²) in [4.78, 5) is 11.1. The van der Waals surface area contributed by atoms with Crippen molar-refractivity contribution >= 4 is 37.8 Å². The number of hydrogen-bond donors (Lipinski definition) is 0. The first kappa shape index (κ1) is 11.7. The average Bonchev–Trinajstić information content (AvgIpc) is 2.13. The molecule has 14 heavy (non-hydrogen) atoms. The van der Waals surface area contributed by atoms with Crippen molar-refractivity contribution in [1.82, 2.24) is 0 Å². The molecule has 0 saturated heterocycles. The van der Waals surface area contributed by atoms with E-state index in [1.165, 1.54) is 7.11 Å². The fraction of sp³-hybridized carbons (Fsp3) is 0.300. The van der Waals surface area contributed by atoms with E-state index in [1.54, 1.807) is 0 Å². The minimum absolute atomic E-state index is 0.224. The Kier molecular flexibility index (Phi) is 4.13. The highest BCUT2D eigenvalue weighted by molar-refractivity contribution is 9.11. The maximum absolute atomic E-state index is 11.1. The third-order valence-electron chi connectivity index (χ3n) is 1.98. The largest absolute Gasteiger partial charge is 0.469 e. The van der Waals surface area contributed by atoms with Gasteiger partial charge < -0.3 is 4.74 Å². The molecule has 0 N–H and O–H groups in total. The first-order valence-corrected chi connectivity index (χ1v) is 5.64. The number of methoxy groups -OCH3 is 1. The zero-order valence-electron chi connectivity index (χ0n) is 7.93. The highest BCUT2D eigenvalue weighted by Crippen LogP contribution is 2.25. The Hall–Kier alpha value is -0.350. The number of hydrogen-bond acceptors (Lipinski definition) is 2. The second-order valence-electron chi connectivity index (χ2n) is 2.92. The van der Waals surface area contributed by atoms with Crippen LogP contribution in [0.2, 0.25) is 0 Å². The Morgan fingerprint density at radius 1 is 1.43 bits per heavy atom. The molecule has 0 radical (unpaired) electrons. The second-order valence-corrected chi connectivity index (χ2v) is 4.69. The summed E-state index contributed by atoms with van der Waals surface area (Å²) in [6.07, 6.45) is 0.306. The van der Waals surface area contributed by atoms with Gasteiger partial charge in [-0.15, -0.1) is 0 Å². The van der Waals surface area contributed by atoms with Crippen molar-refractivity contribution in [3.63, 3.8) is 0 Å². The number of carbonyl (C=O) groups is 1. The van der Waals surface area contributed by atoms with Crippen molar-refractivity contribution in [3.8, 4) is 0 Å². The fourth-order valence-corrected chi connectivity index (χ4v) is 2.42. The zero-order valence-corrected chi connectivity index (χ0v) is 11.1. The summed E-state index contributed by atoms with van der Waals surface area (Å²) in [7, 11) is 1.39. The summed E-state index contributed by atoms with van der Waals surface area (Å²) in [5.74, 6) is -0.224. The van der Waals surface area contributed by atoms with Gasteiger partial charge in [-0.1, -0.05) is 31.9 Å². The maximum Gasteiger partial charge on any atom is 0.309 e. The molecule has 0 fully saturated rings. The van der Waals surface area contributed by atoms with Gasteiger partial charge in [-0.25, -0.2) is 0 Å². The first-order chi connectivity index (χ1) is 6.54. The van der Waals surface area contributed by atoms with Crippen LogP contribution < -0.4 is 0 Å². The van der Waals surface area contributed by atoms with Crippen LogP contribution in [-0.4, -0.2) is 13.1 Å². The van der Waals surface area contributed by atoms with Gasteiger partial charge in [0.05, 0.1) is 13.5 Å². The second kappa shape index (κ2) is 4.94. The van der Waals surface area contributed by atoms with Gasteiger partial charge in [-0.3, -0.25) is 4.79 Å². The Labute approximate surface area is 99.9 Å². The molecule has 0 amide bonds. The number of benzene rings is 1. The number of ether oxygens (including phenoxy) is 1. The van der Waals surface area contributed by atoms with Gasteiger partial charge in [-0.05, 0) is 30.2 Å². The van der Waals surface area contributed by atoms with Crippen LogP contribution in [0.15, 0.2) is 21.1 Å². The van der Waals surface area contributed by atoms with Crippen molar-refractivity contribution in [1.29, 1.82) is 0 Å². The molecule has 0 aliphatic carbocycles. The van der Waals surface area contributed by atoms with Crippen molar-refractivity contribution in [3.05, 3.63) is 32.2 Å². The van der Waals surface area contributed by atoms with E-state index in [9.17, 15) is 4.79 Å². The first-order valence-electron chi connectivity index (χ1n) is 4.06. The minimum atomic E-state index is -0.224. The van der Waals surface area contributed by atoms with Gasteiger partial charge in [-0.2, -0.15) is 0 Å². The SMILES string of the molecule is COC(=O)Cc1cc(Br)cc(Br)c1C. The molecule has 0 aromatic heterocycles. The van der Waals surface area contributed by atoms with Crippen molar-refractivity contribution in [2.75, 3.05) is 7.11 Å². The third-order valence-corrected chi connectivity index (χ3v) is 3.26. The lowest BCUT2D eigenvalue weighted by Gasteiger charge is -2.07. The molecule has 0 heterocycles. The molecular formula is C10H10Br2O2. The summed E-state index contributed by atoms with van der Waals surface area (Å²) in [5.41, 5.74) is 2.04. The molecular weight excluding hydrogens is 312 g/mol. The zero-order chi connectivity index (χ0) is 10.7. The van der Waals surface area contributed by atoms with Gasteiger partial charge in [0.1, 0.15) is 0 Å². The highest BCUT2D eigenvalue weighted by atomic mass is 79.9. The summed E-state index contributed by atoms with van der Waals surface area (Å²) < 4.78 is 6.56. The molecule has 1 aromatic rings. The number of carbonyl (C=O) groups excluding carboxylic acids is 1. The average molecular weight is 322 g/mol. The van der Waals surface area contributed by atoms with Crippen LogP contribution in [0.1, 0.15) is 11.1 Å². The molecule has 4 heteroatoms. The molecule has 0 spiro atoms. The molecule has 0 aliphatic heterocycles. The molecule has 1 aromatic carbocycles. The highest BCUT2D eigenvalue weighted by Gasteiger charge is 2.08. The quantitative estimate of drug-likeness (QED) is 0.782. The molecule has 0 saturated carbocycles.